The third kappa shape index (κ3) is 3.18. The molecule has 0 saturated carbocycles. The summed E-state index contributed by atoms with van der Waals surface area (Å²) in [4.78, 5) is 15.9. The minimum atomic E-state index is -0.314. The maximum absolute atomic E-state index is 11.9. The van der Waals surface area contributed by atoms with Gasteiger partial charge in [0.1, 0.15) is 5.69 Å². The fourth-order valence-electron chi connectivity index (χ4n) is 1.61. The number of carbonyl (C=O) groups is 1. The van der Waals surface area contributed by atoms with Crippen LogP contribution in [-0.4, -0.2) is 22.0 Å². The molecule has 0 radical (unpaired) electrons. The number of rotatable bonds is 4. The van der Waals surface area contributed by atoms with Gasteiger partial charge in [-0.05, 0) is 18.2 Å². The number of nitrogens with two attached hydrogens (primary N) is 1. The monoisotopic (exact) mass is 255 g/mol. The highest BCUT2D eigenvalue weighted by atomic mass is 16.1. The van der Waals surface area contributed by atoms with Gasteiger partial charge in [-0.1, -0.05) is 6.07 Å². The zero-order chi connectivity index (χ0) is 13.7. The van der Waals surface area contributed by atoms with Gasteiger partial charge in [0.05, 0.1) is 18.0 Å². The van der Waals surface area contributed by atoms with Crippen molar-refractivity contribution in [3.63, 3.8) is 0 Å². The molecule has 1 amide bonds. The Bertz CT molecular complexity index is 626. The predicted molar refractivity (Wildman–Crippen MR) is 70.4 cm³/mol. The van der Waals surface area contributed by atoms with Crippen molar-refractivity contribution in [1.82, 2.24) is 9.55 Å². The summed E-state index contributed by atoms with van der Waals surface area (Å²) >= 11 is 0. The van der Waals surface area contributed by atoms with E-state index in [1.165, 1.54) is 0 Å². The van der Waals surface area contributed by atoms with E-state index in [-0.39, 0.29) is 5.91 Å². The van der Waals surface area contributed by atoms with Crippen molar-refractivity contribution in [1.29, 1.82) is 5.26 Å². The van der Waals surface area contributed by atoms with Crippen LogP contribution in [0.2, 0.25) is 0 Å². The molecule has 0 fully saturated rings. The molecule has 0 aliphatic heterocycles. The molecule has 0 aliphatic carbocycles. The molecule has 6 heteroatoms. The second kappa shape index (κ2) is 5.80. The van der Waals surface area contributed by atoms with Gasteiger partial charge >= 0.3 is 0 Å². The number of imidazole rings is 1. The molecule has 0 saturated heterocycles. The number of anilines is 1. The van der Waals surface area contributed by atoms with Crippen molar-refractivity contribution in [2.45, 2.75) is 6.54 Å². The molecular weight excluding hydrogens is 242 g/mol. The Balaban J connectivity index is 2.09. The van der Waals surface area contributed by atoms with Crippen LogP contribution in [-0.2, 0) is 6.54 Å². The number of carbonyl (C=O) groups excluding carboxylic acids is 1. The number of hydrogen-bond donors (Lipinski definition) is 2. The minimum absolute atomic E-state index is 0.314. The molecule has 19 heavy (non-hydrogen) atoms. The number of nitrogens with one attached hydrogen (secondary N) is 1. The maximum Gasteiger partial charge on any atom is 0.275 e. The molecule has 0 unspecified atom stereocenters. The van der Waals surface area contributed by atoms with Crippen LogP contribution >= 0.6 is 0 Å². The SMILES string of the molecule is N#Cc1cccc(NC(=O)c2cn(CCN)cn2)c1. The number of nitrogens with zero attached hydrogens (tertiary/aromatic N) is 3. The topological polar surface area (TPSA) is 96.7 Å². The van der Waals surface area contributed by atoms with Crippen LogP contribution in [0.1, 0.15) is 16.1 Å². The summed E-state index contributed by atoms with van der Waals surface area (Å²) in [5.74, 6) is -0.314. The Morgan fingerprint density at radius 3 is 3.11 bits per heavy atom. The van der Waals surface area contributed by atoms with Crippen molar-refractivity contribution in [3.8, 4) is 6.07 Å². The van der Waals surface area contributed by atoms with Crippen LogP contribution in [0.4, 0.5) is 5.69 Å². The van der Waals surface area contributed by atoms with Gasteiger partial charge in [0.25, 0.3) is 5.91 Å². The molecule has 96 valence electrons. The number of aromatic nitrogens is 2. The molecule has 1 aromatic carbocycles. The number of nitriles is 1. The molecular formula is C13H13N5O. The summed E-state index contributed by atoms with van der Waals surface area (Å²) in [5.41, 5.74) is 6.80. The molecule has 0 aliphatic rings. The molecule has 0 bridgehead atoms. The zero-order valence-electron chi connectivity index (χ0n) is 10.2. The highest BCUT2D eigenvalue weighted by molar-refractivity contribution is 6.02. The van der Waals surface area contributed by atoms with E-state index in [2.05, 4.69) is 10.3 Å². The molecule has 3 N–H and O–H groups in total. The molecule has 1 heterocycles. The van der Waals surface area contributed by atoms with Crippen LogP contribution < -0.4 is 11.1 Å². The van der Waals surface area contributed by atoms with Crippen LogP contribution in [0.5, 0.6) is 0 Å². The first-order valence-electron chi connectivity index (χ1n) is 5.76. The van der Waals surface area contributed by atoms with Crippen LogP contribution in [0.3, 0.4) is 0 Å². The van der Waals surface area contributed by atoms with Gasteiger partial charge in [-0.15, -0.1) is 0 Å². The average Bonchev–Trinajstić information content (AvgIpc) is 2.88. The van der Waals surface area contributed by atoms with E-state index >= 15 is 0 Å². The Labute approximate surface area is 110 Å². The van der Waals surface area contributed by atoms with E-state index in [1.54, 1.807) is 41.4 Å². The normalized spacial score (nSPS) is 9.89. The summed E-state index contributed by atoms with van der Waals surface area (Å²) in [6.45, 7) is 1.10. The molecule has 0 atom stereocenters. The summed E-state index contributed by atoms with van der Waals surface area (Å²) in [5, 5.41) is 11.5. The molecule has 2 aromatic rings. The first kappa shape index (κ1) is 12.8. The fraction of sp³-hybridized carbons (Fsp3) is 0.154. The fourth-order valence-corrected chi connectivity index (χ4v) is 1.61. The van der Waals surface area contributed by atoms with E-state index in [9.17, 15) is 4.79 Å². The number of amides is 1. The van der Waals surface area contributed by atoms with Gasteiger partial charge in [-0.2, -0.15) is 5.26 Å². The smallest absolute Gasteiger partial charge is 0.275 e. The highest BCUT2D eigenvalue weighted by Crippen LogP contribution is 2.11. The second-order valence-corrected chi connectivity index (χ2v) is 3.93. The average molecular weight is 255 g/mol. The van der Waals surface area contributed by atoms with E-state index in [0.717, 1.165) is 0 Å². The van der Waals surface area contributed by atoms with Crippen molar-refractivity contribution in [2.75, 3.05) is 11.9 Å². The Morgan fingerprint density at radius 1 is 1.53 bits per heavy atom. The van der Waals surface area contributed by atoms with Crippen molar-refractivity contribution >= 4 is 11.6 Å². The molecule has 6 nitrogen and oxygen atoms in total. The van der Waals surface area contributed by atoms with Gasteiger partial charge in [0, 0.05) is 25.0 Å². The quantitative estimate of drug-likeness (QED) is 0.850. The lowest BCUT2D eigenvalue weighted by atomic mass is 10.2. The molecule has 2 rings (SSSR count). The van der Waals surface area contributed by atoms with Crippen molar-refractivity contribution in [3.05, 3.63) is 48.0 Å². The second-order valence-electron chi connectivity index (χ2n) is 3.93. The third-order valence-corrected chi connectivity index (χ3v) is 2.50. The minimum Gasteiger partial charge on any atom is -0.335 e. The largest absolute Gasteiger partial charge is 0.335 e. The van der Waals surface area contributed by atoms with E-state index in [0.29, 0.717) is 30.0 Å². The zero-order valence-corrected chi connectivity index (χ0v) is 10.2. The van der Waals surface area contributed by atoms with Gasteiger partial charge in [-0.25, -0.2) is 4.98 Å². The Morgan fingerprint density at radius 2 is 2.37 bits per heavy atom. The summed E-state index contributed by atoms with van der Waals surface area (Å²) in [6, 6.07) is 8.72. The predicted octanol–water partition coefficient (Wildman–Crippen LogP) is 0.966. The van der Waals surface area contributed by atoms with Gasteiger partial charge in [0.2, 0.25) is 0 Å². The number of hydrogen-bond acceptors (Lipinski definition) is 4. The van der Waals surface area contributed by atoms with Crippen molar-refractivity contribution < 1.29 is 4.79 Å². The lowest BCUT2D eigenvalue weighted by Gasteiger charge is -2.03. The lowest BCUT2D eigenvalue weighted by Crippen LogP contribution is -2.12. The first-order valence-corrected chi connectivity index (χ1v) is 5.76. The van der Waals surface area contributed by atoms with Crippen LogP contribution in [0, 0.1) is 11.3 Å². The summed E-state index contributed by atoms with van der Waals surface area (Å²) in [6.07, 6.45) is 3.20. The van der Waals surface area contributed by atoms with Crippen LogP contribution in [0.15, 0.2) is 36.8 Å². The highest BCUT2D eigenvalue weighted by Gasteiger charge is 2.09. The van der Waals surface area contributed by atoms with E-state index < -0.39 is 0 Å². The Hall–Kier alpha value is -2.65. The van der Waals surface area contributed by atoms with Crippen LogP contribution in [0.25, 0.3) is 0 Å². The standard InChI is InChI=1S/C13H13N5O/c14-4-5-18-8-12(16-9-18)13(19)17-11-3-1-2-10(6-11)7-15/h1-3,6,8-9H,4-5,14H2,(H,17,19). The van der Waals surface area contributed by atoms with Gasteiger partial charge in [0.15, 0.2) is 0 Å². The van der Waals surface area contributed by atoms with Gasteiger partial charge < -0.3 is 15.6 Å². The van der Waals surface area contributed by atoms with Gasteiger partial charge in [-0.3, -0.25) is 4.79 Å². The third-order valence-electron chi connectivity index (χ3n) is 2.50. The first-order chi connectivity index (χ1) is 9.22. The Kier molecular flexibility index (Phi) is 3.90. The summed E-state index contributed by atoms with van der Waals surface area (Å²) < 4.78 is 1.75. The summed E-state index contributed by atoms with van der Waals surface area (Å²) in [7, 11) is 0. The molecule has 1 aromatic heterocycles. The van der Waals surface area contributed by atoms with E-state index in [4.69, 9.17) is 11.0 Å². The van der Waals surface area contributed by atoms with Crippen molar-refractivity contribution in [2.24, 2.45) is 5.73 Å². The maximum atomic E-state index is 11.9. The van der Waals surface area contributed by atoms with E-state index in [1.807, 2.05) is 6.07 Å². The molecule has 0 spiro atoms. The number of benzene rings is 1. The lowest BCUT2D eigenvalue weighted by molar-refractivity contribution is 0.102.